The van der Waals surface area contributed by atoms with E-state index in [0.717, 1.165) is 23.3 Å². The summed E-state index contributed by atoms with van der Waals surface area (Å²) in [6, 6.07) is 0. The van der Waals surface area contributed by atoms with Crippen molar-refractivity contribution < 1.29 is 9.53 Å². The summed E-state index contributed by atoms with van der Waals surface area (Å²) in [6.07, 6.45) is 3.36. The monoisotopic (exact) mass is 331 g/mol. The molecule has 0 atom stereocenters. The van der Waals surface area contributed by atoms with Crippen LogP contribution in [0.1, 0.15) is 46.4 Å². The number of imidazole rings is 1. The molecule has 0 unspecified atom stereocenters. The van der Waals surface area contributed by atoms with Crippen molar-refractivity contribution in [2.24, 2.45) is 0 Å². The number of hydrogen-bond donors (Lipinski definition) is 1. The van der Waals surface area contributed by atoms with Gasteiger partial charge in [0.15, 0.2) is 0 Å². The second kappa shape index (κ2) is 6.93. The summed E-state index contributed by atoms with van der Waals surface area (Å²) in [5, 5.41) is 0. The van der Waals surface area contributed by atoms with Crippen molar-refractivity contribution in [3.05, 3.63) is 16.6 Å². The number of carbonyl (C=O) groups excluding carboxylic acids is 1. The molecule has 19 heavy (non-hydrogen) atoms. The number of aromatic amines is 1. The van der Waals surface area contributed by atoms with Gasteiger partial charge < -0.3 is 14.6 Å². The molecule has 1 amide bonds. The summed E-state index contributed by atoms with van der Waals surface area (Å²) in [5.74, 6) is 0.744. The average molecular weight is 332 g/mol. The van der Waals surface area contributed by atoms with E-state index < -0.39 is 5.60 Å². The molecule has 0 bridgehead atoms. The minimum atomic E-state index is -0.481. The number of nitrogens with one attached hydrogen (secondary N) is 1. The van der Waals surface area contributed by atoms with Crippen LogP contribution in [-0.2, 0) is 11.3 Å². The number of aromatic nitrogens is 2. The Morgan fingerprint density at radius 3 is 2.68 bits per heavy atom. The van der Waals surface area contributed by atoms with Gasteiger partial charge >= 0.3 is 6.09 Å². The molecule has 0 aromatic carbocycles. The number of carbonyl (C=O) groups is 1. The number of nitrogens with zero attached hydrogens (tertiary/aromatic N) is 2. The molecule has 6 heteroatoms. The lowest BCUT2D eigenvalue weighted by atomic mass is 10.2. The molecule has 0 radical (unpaired) electrons. The Morgan fingerprint density at radius 1 is 1.53 bits per heavy atom. The zero-order valence-corrected chi connectivity index (χ0v) is 13.6. The second-order valence-corrected chi connectivity index (χ2v) is 6.29. The van der Waals surface area contributed by atoms with Gasteiger partial charge in [-0.15, -0.1) is 0 Å². The zero-order valence-electron chi connectivity index (χ0n) is 12.0. The van der Waals surface area contributed by atoms with Crippen molar-refractivity contribution in [3.8, 4) is 0 Å². The van der Waals surface area contributed by atoms with E-state index in [4.69, 9.17) is 4.74 Å². The van der Waals surface area contributed by atoms with Crippen molar-refractivity contribution >= 4 is 22.0 Å². The van der Waals surface area contributed by atoms with Gasteiger partial charge in [-0.2, -0.15) is 0 Å². The first kappa shape index (κ1) is 16.0. The fourth-order valence-corrected chi connectivity index (χ4v) is 1.84. The van der Waals surface area contributed by atoms with E-state index >= 15 is 0 Å². The molecule has 0 aliphatic carbocycles. The molecular formula is C13H22BrN3O2. The van der Waals surface area contributed by atoms with E-state index in [-0.39, 0.29) is 6.09 Å². The first-order valence-electron chi connectivity index (χ1n) is 6.49. The van der Waals surface area contributed by atoms with Gasteiger partial charge in [0.1, 0.15) is 16.0 Å². The molecular weight excluding hydrogens is 310 g/mol. The van der Waals surface area contributed by atoms with Crippen LogP contribution in [0.25, 0.3) is 0 Å². The van der Waals surface area contributed by atoms with Crippen LogP contribution in [0.5, 0.6) is 0 Å². The van der Waals surface area contributed by atoms with Gasteiger partial charge in [0.2, 0.25) is 0 Å². The van der Waals surface area contributed by atoms with Crippen LogP contribution in [-0.4, -0.2) is 33.1 Å². The molecule has 1 rings (SSSR count). The lowest BCUT2D eigenvalue weighted by Crippen LogP contribution is -2.37. The minimum absolute atomic E-state index is 0.298. The molecule has 1 heterocycles. The van der Waals surface area contributed by atoms with Crippen molar-refractivity contribution in [1.82, 2.24) is 14.9 Å². The highest BCUT2D eigenvalue weighted by Crippen LogP contribution is 2.13. The summed E-state index contributed by atoms with van der Waals surface area (Å²) in [4.78, 5) is 21.1. The number of hydrogen-bond acceptors (Lipinski definition) is 3. The highest BCUT2D eigenvalue weighted by molar-refractivity contribution is 9.10. The van der Waals surface area contributed by atoms with Crippen LogP contribution in [0.3, 0.4) is 0 Å². The van der Waals surface area contributed by atoms with Gasteiger partial charge in [-0.1, -0.05) is 13.3 Å². The van der Waals surface area contributed by atoms with Crippen LogP contribution >= 0.6 is 15.9 Å². The molecule has 1 aromatic rings. The normalized spacial score (nSPS) is 11.4. The maximum absolute atomic E-state index is 12.1. The Hall–Kier alpha value is -1.04. The van der Waals surface area contributed by atoms with Crippen LogP contribution in [0.15, 0.2) is 10.8 Å². The standard InChI is InChI=1S/C13H22BrN3O2/c1-5-6-7-17(12(18)19-13(2,3)4)9-11-15-8-10(14)16-11/h8H,5-7,9H2,1-4H3,(H,15,16). The molecule has 0 fully saturated rings. The molecule has 108 valence electrons. The Bertz CT molecular complexity index is 412. The van der Waals surface area contributed by atoms with Gasteiger partial charge in [0.05, 0.1) is 12.7 Å². The van der Waals surface area contributed by atoms with Gasteiger partial charge in [0, 0.05) is 6.54 Å². The number of H-pyrrole nitrogens is 1. The largest absolute Gasteiger partial charge is 0.444 e. The van der Waals surface area contributed by atoms with E-state index in [0.29, 0.717) is 13.1 Å². The third kappa shape index (κ3) is 6.09. The van der Waals surface area contributed by atoms with Crippen LogP contribution in [0.2, 0.25) is 0 Å². The number of halogens is 1. The summed E-state index contributed by atoms with van der Waals surface area (Å²) in [7, 11) is 0. The number of ether oxygens (including phenoxy) is 1. The SMILES string of the molecule is CCCCN(Cc1ncc(Br)[nH]1)C(=O)OC(C)(C)C. The topological polar surface area (TPSA) is 58.2 Å². The lowest BCUT2D eigenvalue weighted by Gasteiger charge is -2.26. The first-order valence-corrected chi connectivity index (χ1v) is 7.28. The van der Waals surface area contributed by atoms with E-state index in [1.807, 2.05) is 20.8 Å². The molecule has 1 N–H and O–H groups in total. The van der Waals surface area contributed by atoms with Crippen LogP contribution < -0.4 is 0 Å². The number of unbranched alkanes of at least 4 members (excludes halogenated alkanes) is 1. The molecule has 0 aliphatic rings. The van der Waals surface area contributed by atoms with Crippen molar-refractivity contribution in [1.29, 1.82) is 0 Å². The molecule has 5 nitrogen and oxygen atoms in total. The smallest absolute Gasteiger partial charge is 0.410 e. The van der Waals surface area contributed by atoms with Gasteiger partial charge in [0.25, 0.3) is 0 Å². The molecule has 0 saturated carbocycles. The van der Waals surface area contributed by atoms with Gasteiger partial charge in [-0.25, -0.2) is 9.78 Å². The number of rotatable bonds is 5. The Balaban J connectivity index is 2.68. The highest BCUT2D eigenvalue weighted by atomic mass is 79.9. The second-order valence-electron chi connectivity index (χ2n) is 5.43. The lowest BCUT2D eigenvalue weighted by molar-refractivity contribution is 0.0226. The maximum Gasteiger partial charge on any atom is 0.410 e. The quantitative estimate of drug-likeness (QED) is 0.894. The number of amides is 1. The van der Waals surface area contributed by atoms with Crippen LogP contribution in [0.4, 0.5) is 4.79 Å². The van der Waals surface area contributed by atoms with Crippen molar-refractivity contribution in [3.63, 3.8) is 0 Å². The fraction of sp³-hybridized carbons (Fsp3) is 0.692. The fourth-order valence-electron chi connectivity index (χ4n) is 1.51. The Labute approximate surface area is 122 Å². The molecule has 0 saturated heterocycles. The van der Waals surface area contributed by atoms with E-state index in [1.165, 1.54) is 0 Å². The van der Waals surface area contributed by atoms with E-state index in [2.05, 4.69) is 32.8 Å². The molecule has 0 aliphatic heterocycles. The Morgan fingerprint density at radius 2 is 2.21 bits per heavy atom. The maximum atomic E-state index is 12.1. The molecule has 0 spiro atoms. The van der Waals surface area contributed by atoms with E-state index in [9.17, 15) is 4.79 Å². The zero-order chi connectivity index (χ0) is 14.5. The third-order valence-electron chi connectivity index (χ3n) is 2.37. The molecule has 1 aromatic heterocycles. The predicted molar refractivity (Wildman–Crippen MR) is 77.8 cm³/mol. The van der Waals surface area contributed by atoms with Crippen molar-refractivity contribution in [2.75, 3.05) is 6.54 Å². The predicted octanol–water partition coefficient (Wildman–Crippen LogP) is 3.71. The highest BCUT2D eigenvalue weighted by Gasteiger charge is 2.22. The minimum Gasteiger partial charge on any atom is -0.444 e. The van der Waals surface area contributed by atoms with Gasteiger partial charge in [-0.05, 0) is 43.1 Å². The summed E-state index contributed by atoms with van der Waals surface area (Å²) in [6.45, 7) is 8.80. The average Bonchev–Trinajstić information content (AvgIpc) is 2.67. The van der Waals surface area contributed by atoms with Crippen LogP contribution in [0, 0.1) is 0 Å². The summed E-state index contributed by atoms with van der Waals surface area (Å²) >= 11 is 3.31. The summed E-state index contributed by atoms with van der Waals surface area (Å²) in [5.41, 5.74) is -0.481. The Kier molecular flexibility index (Phi) is 5.85. The first-order chi connectivity index (χ1) is 8.81. The third-order valence-corrected chi connectivity index (χ3v) is 2.77. The van der Waals surface area contributed by atoms with E-state index in [1.54, 1.807) is 11.1 Å². The van der Waals surface area contributed by atoms with Gasteiger partial charge in [-0.3, -0.25) is 0 Å². The van der Waals surface area contributed by atoms with Crippen molar-refractivity contribution in [2.45, 2.75) is 52.7 Å². The summed E-state index contributed by atoms with van der Waals surface area (Å²) < 4.78 is 6.22.